The fraction of sp³-hybridized carbons (Fsp3) is 0.182. The van der Waals surface area contributed by atoms with Crippen LogP contribution >= 0.6 is 0 Å². The summed E-state index contributed by atoms with van der Waals surface area (Å²) in [7, 11) is 1.72. The minimum absolute atomic E-state index is 0.0609. The first-order valence-electron chi connectivity index (χ1n) is 5.07. The summed E-state index contributed by atoms with van der Waals surface area (Å²) in [6.07, 6.45) is 1.49. The highest BCUT2D eigenvalue weighted by Crippen LogP contribution is 2.20. The van der Waals surface area contributed by atoms with Gasteiger partial charge in [-0.15, -0.1) is 10.2 Å². The number of nitrogens with one attached hydrogen (secondary N) is 1. The molecule has 0 aliphatic rings. The highest BCUT2D eigenvalue weighted by atomic mass is 19.1. The lowest BCUT2D eigenvalue weighted by molar-refractivity contribution is 0.586. The standard InChI is InChI=1S/C11H9F2N5/c1-18-6-16-17-10(18)5-15-11-8(12)2-7(4-14)3-9(11)13/h2-3,6,15H,5H2,1H3. The van der Waals surface area contributed by atoms with Gasteiger partial charge in [-0.05, 0) is 12.1 Å². The van der Waals surface area contributed by atoms with Gasteiger partial charge in [0, 0.05) is 7.05 Å². The van der Waals surface area contributed by atoms with E-state index < -0.39 is 11.6 Å². The number of hydrogen-bond donors (Lipinski definition) is 1. The Morgan fingerprint density at radius 2 is 2.06 bits per heavy atom. The summed E-state index contributed by atoms with van der Waals surface area (Å²) in [6, 6.07) is 3.63. The molecule has 1 heterocycles. The van der Waals surface area contributed by atoms with E-state index in [1.807, 2.05) is 0 Å². The van der Waals surface area contributed by atoms with Gasteiger partial charge in [0.25, 0.3) is 0 Å². The quantitative estimate of drug-likeness (QED) is 0.896. The molecule has 2 rings (SSSR count). The van der Waals surface area contributed by atoms with E-state index in [-0.39, 0.29) is 17.8 Å². The maximum Gasteiger partial charge on any atom is 0.151 e. The van der Waals surface area contributed by atoms with Crippen molar-refractivity contribution in [3.05, 3.63) is 41.5 Å². The molecule has 0 atom stereocenters. The van der Waals surface area contributed by atoms with Crippen molar-refractivity contribution in [2.24, 2.45) is 7.05 Å². The highest BCUT2D eigenvalue weighted by Gasteiger charge is 2.11. The van der Waals surface area contributed by atoms with Crippen LogP contribution in [0, 0.1) is 23.0 Å². The van der Waals surface area contributed by atoms with Gasteiger partial charge < -0.3 is 9.88 Å². The predicted molar refractivity (Wildman–Crippen MR) is 59.4 cm³/mol. The summed E-state index contributed by atoms with van der Waals surface area (Å²) in [5.74, 6) is -1.08. The van der Waals surface area contributed by atoms with Crippen molar-refractivity contribution < 1.29 is 8.78 Å². The van der Waals surface area contributed by atoms with Crippen LogP contribution in [0.1, 0.15) is 11.4 Å². The topological polar surface area (TPSA) is 66.5 Å². The Morgan fingerprint density at radius 3 is 2.56 bits per heavy atom. The number of nitriles is 1. The third-order valence-electron chi connectivity index (χ3n) is 2.40. The maximum absolute atomic E-state index is 13.5. The summed E-state index contributed by atoms with van der Waals surface area (Å²) >= 11 is 0. The van der Waals surface area contributed by atoms with Crippen LogP contribution in [-0.2, 0) is 13.6 Å². The Labute approximate surface area is 102 Å². The Kier molecular flexibility index (Phi) is 3.19. The summed E-state index contributed by atoms with van der Waals surface area (Å²) < 4.78 is 28.7. The second kappa shape index (κ2) is 4.79. The molecule has 0 unspecified atom stereocenters. The average molecular weight is 249 g/mol. The molecule has 18 heavy (non-hydrogen) atoms. The number of rotatable bonds is 3. The first-order chi connectivity index (χ1) is 8.61. The van der Waals surface area contributed by atoms with E-state index >= 15 is 0 Å². The molecular formula is C11H9F2N5. The van der Waals surface area contributed by atoms with Crippen LogP contribution < -0.4 is 5.32 Å². The predicted octanol–water partition coefficient (Wildman–Crippen LogP) is 1.58. The third kappa shape index (κ3) is 2.27. The molecule has 0 saturated carbocycles. The minimum atomic E-state index is -0.811. The summed E-state index contributed by atoms with van der Waals surface area (Å²) in [4.78, 5) is 0. The molecule has 1 aromatic carbocycles. The molecule has 0 amide bonds. The van der Waals surface area contributed by atoms with Gasteiger partial charge in [-0.25, -0.2) is 8.78 Å². The number of benzene rings is 1. The van der Waals surface area contributed by atoms with E-state index in [0.29, 0.717) is 5.82 Å². The molecule has 0 spiro atoms. The van der Waals surface area contributed by atoms with Gasteiger partial charge in [0.05, 0.1) is 18.2 Å². The van der Waals surface area contributed by atoms with E-state index in [1.165, 1.54) is 6.33 Å². The maximum atomic E-state index is 13.5. The first-order valence-corrected chi connectivity index (χ1v) is 5.07. The van der Waals surface area contributed by atoms with Crippen molar-refractivity contribution in [2.75, 3.05) is 5.32 Å². The van der Waals surface area contributed by atoms with Crippen LogP contribution in [0.4, 0.5) is 14.5 Å². The lowest BCUT2D eigenvalue weighted by Crippen LogP contribution is -2.08. The van der Waals surface area contributed by atoms with Crippen LogP contribution in [0.2, 0.25) is 0 Å². The smallest absolute Gasteiger partial charge is 0.151 e. The van der Waals surface area contributed by atoms with Crippen LogP contribution in [-0.4, -0.2) is 14.8 Å². The molecule has 7 heteroatoms. The highest BCUT2D eigenvalue weighted by molar-refractivity contribution is 5.50. The average Bonchev–Trinajstić information content (AvgIpc) is 2.73. The Bertz CT molecular complexity index is 591. The van der Waals surface area contributed by atoms with Gasteiger partial charge in [-0.3, -0.25) is 0 Å². The fourth-order valence-corrected chi connectivity index (χ4v) is 1.44. The lowest BCUT2D eigenvalue weighted by Gasteiger charge is -2.08. The van der Waals surface area contributed by atoms with Crippen LogP contribution in [0.3, 0.4) is 0 Å². The summed E-state index contributed by atoms with van der Waals surface area (Å²) in [5.41, 5.74) is -0.341. The van der Waals surface area contributed by atoms with Crippen molar-refractivity contribution >= 4 is 5.69 Å². The SMILES string of the molecule is Cn1cnnc1CNc1c(F)cc(C#N)cc1F. The van der Waals surface area contributed by atoms with Crippen molar-refractivity contribution in [3.8, 4) is 6.07 Å². The van der Waals surface area contributed by atoms with E-state index in [0.717, 1.165) is 12.1 Å². The lowest BCUT2D eigenvalue weighted by atomic mass is 10.2. The Hall–Kier alpha value is -2.49. The number of anilines is 1. The fourth-order valence-electron chi connectivity index (χ4n) is 1.44. The number of nitrogens with zero attached hydrogens (tertiary/aromatic N) is 4. The third-order valence-corrected chi connectivity index (χ3v) is 2.40. The molecule has 0 radical (unpaired) electrons. The van der Waals surface area contributed by atoms with Crippen molar-refractivity contribution in [1.29, 1.82) is 5.26 Å². The zero-order valence-electron chi connectivity index (χ0n) is 9.48. The van der Waals surface area contributed by atoms with Crippen LogP contribution in [0.25, 0.3) is 0 Å². The van der Waals surface area contributed by atoms with E-state index in [9.17, 15) is 8.78 Å². The van der Waals surface area contributed by atoms with Gasteiger partial charge in [0.15, 0.2) is 17.5 Å². The van der Waals surface area contributed by atoms with Crippen LogP contribution in [0.15, 0.2) is 18.5 Å². The second-order valence-corrected chi connectivity index (χ2v) is 3.64. The number of aromatic nitrogens is 3. The number of aryl methyl sites for hydroxylation is 1. The number of halogens is 2. The molecule has 0 saturated heterocycles. The summed E-state index contributed by atoms with van der Waals surface area (Å²) in [6.45, 7) is 0.135. The van der Waals surface area contributed by atoms with E-state index in [4.69, 9.17) is 5.26 Å². The van der Waals surface area contributed by atoms with Gasteiger partial charge >= 0.3 is 0 Å². The van der Waals surface area contributed by atoms with Gasteiger partial charge in [0.2, 0.25) is 0 Å². The molecule has 92 valence electrons. The summed E-state index contributed by atoms with van der Waals surface area (Å²) in [5, 5.41) is 18.6. The van der Waals surface area contributed by atoms with Gasteiger partial charge in [-0.1, -0.05) is 0 Å². The monoisotopic (exact) mass is 249 g/mol. The van der Waals surface area contributed by atoms with Crippen LogP contribution in [0.5, 0.6) is 0 Å². The minimum Gasteiger partial charge on any atom is -0.373 e. The molecule has 1 N–H and O–H groups in total. The molecule has 0 bridgehead atoms. The molecule has 5 nitrogen and oxygen atoms in total. The molecule has 1 aromatic heterocycles. The van der Waals surface area contributed by atoms with Crippen molar-refractivity contribution in [3.63, 3.8) is 0 Å². The van der Waals surface area contributed by atoms with Gasteiger partial charge in [0.1, 0.15) is 12.0 Å². The zero-order chi connectivity index (χ0) is 13.1. The van der Waals surface area contributed by atoms with E-state index in [2.05, 4.69) is 15.5 Å². The first kappa shape index (κ1) is 12.0. The Balaban J connectivity index is 2.20. The molecule has 0 aliphatic heterocycles. The molecular weight excluding hydrogens is 240 g/mol. The van der Waals surface area contributed by atoms with E-state index in [1.54, 1.807) is 17.7 Å². The zero-order valence-corrected chi connectivity index (χ0v) is 9.48. The molecule has 0 aliphatic carbocycles. The largest absolute Gasteiger partial charge is 0.373 e. The number of hydrogen-bond acceptors (Lipinski definition) is 4. The van der Waals surface area contributed by atoms with Crippen molar-refractivity contribution in [1.82, 2.24) is 14.8 Å². The van der Waals surface area contributed by atoms with Gasteiger partial charge in [-0.2, -0.15) is 5.26 Å². The normalized spacial score (nSPS) is 10.1. The molecule has 2 aromatic rings. The van der Waals surface area contributed by atoms with Crippen molar-refractivity contribution in [2.45, 2.75) is 6.54 Å². The second-order valence-electron chi connectivity index (χ2n) is 3.64. The molecule has 0 fully saturated rings. The Morgan fingerprint density at radius 1 is 1.39 bits per heavy atom.